The standard InChI is InChI=1S/C16H22N2O3/c1-2-3-8-14(19)17-9-11(10-17)18-15(20)12-6-4-5-7-13(12)16(18)21/h4-5,11-13H,2-3,6-10H2,1H3. The lowest BCUT2D eigenvalue weighted by molar-refractivity contribution is -0.152. The molecule has 1 aliphatic carbocycles. The predicted molar refractivity (Wildman–Crippen MR) is 77.1 cm³/mol. The first-order valence-corrected chi connectivity index (χ1v) is 7.93. The van der Waals surface area contributed by atoms with Gasteiger partial charge in [0, 0.05) is 19.5 Å². The first kappa shape index (κ1) is 14.3. The Bertz CT molecular complexity index is 468. The Kier molecular flexibility index (Phi) is 3.83. The lowest BCUT2D eigenvalue weighted by Gasteiger charge is -2.43. The van der Waals surface area contributed by atoms with Crippen molar-refractivity contribution in [3.8, 4) is 0 Å². The van der Waals surface area contributed by atoms with Gasteiger partial charge in [-0.3, -0.25) is 19.3 Å². The molecule has 2 atom stereocenters. The summed E-state index contributed by atoms with van der Waals surface area (Å²) in [5, 5.41) is 0. The molecule has 21 heavy (non-hydrogen) atoms. The lowest BCUT2D eigenvalue weighted by atomic mass is 9.85. The molecule has 2 unspecified atom stereocenters. The van der Waals surface area contributed by atoms with Crippen molar-refractivity contribution in [3.05, 3.63) is 12.2 Å². The maximum Gasteiger partial charge on any atom is 0.233 e. The molecule has 5 heteroatoms. The van der Waals surface area contributed by atoms with E-state index in [1.807, 2.05) is 12.2 Å². The highest BCUT2D eigenvalue weighted by molar-refractivity contribution is 6.06. The van der Waals surface area contributed by atoms with Gasteiger partial charge in [-0.2, -0.15) is 0 Å². The van der Waals surface area contributed by atoms with E-state index in [1.165, 1.54) is 4.90 Å². The first-order valence-electron chi connectivity index (χ1n) is 7.93. The number of carbonyl (C=O) groups excluding carboxylic acids is 3. The van der Waals surface area contributed by atoms with Crippen LogP contribution in [0, 0.1) is 11.8 Å². The molecule has 0 radical (unpaired) electrons. The largest absolute Gasteiger partial charge is 0.338 e. The predicted octanol–water partition coefficient (Wildman–Crippen LogP) is 1.34. The van der Waals surface area contributed by atoms with Gasteiger partial charge in [-0.25, -0.2) is 0 Å². The van der Waals surface area contributed by atoms with Crippen LogP contribution in [0.2, 0.25) is 0 Å². The molecule has 0 spiro atoms. The molecule has 2 aliphatic heterocycles. The molecule has 114 valence electrons. The van der Waals surface area contributed by atoms with Crippen molar-refractivity contribution in [2.24, 2.45) is 11.8 Å². The maximum absolute atomic E-state index is 12.4. The van der Waals surface area contributed by atoms with Crippen LogP contribution < -0.4 is 0 Å². The highest BCUT2D eigenvalue weighted by Crippen LogP contribution is 2.37. The van der Waals surface area contributed by atoms with E-state index < -0.39 is 0 Å². The molecule has 0 aromatic carbocycles. The summed E-state index contributed by atoms with van der Waals surface area (Å²) in [6, 6.07) is -0.0961. The summed E-state index contributed by atoms with van der Waals surface area (Å²) in [6.45, 7) is 3.10. The van der Waals surface area contributed by atoms with Crippen LogP contribution >= 0.6 is 0 Å². The number of carbonyl (C=O) groups is 3. The molecule has 0 bridgehead atoms. The molecule has 2 fully saturated rings. The van der Waals surface area contributed by atoms with Crippen molar-refractivity contribution in [1.29, 1.82) is 0 Å². The SMILES string of the molecule is CCCCC(=O)N1CC(N2C(=O)C3CC=CCC3C2=O)C1. The van der Waals surface area contributed by atoms with E-state index in [-0.39, 0.29) is 35.6 Å². The molecule has 2 heterocycles. The van der Waals surface area contributed by atoms with Gasteiger partial charge < -0.3 is 4.90 Å². The molecule has 3 amide bonds. The number of likely N-dealkylation sites (tertiary alicyclic amines) is 2. The van der Waals surface area contributed by atoms with Crippen molar-refractivity contribution in [1.82, 2.24) is 9.80 Å². The molecule has 0 saturated carbocycles. The average molecular weight is 290 g/mol. The zero-order valence-electron chi connectivity index (χ0n) is 12.5. The van der Waals surface area contributed by atoms with Crippen molar-refractivity contribution in [3.63, 3.8) is 0 Å². The zero-order chi connectivity index (χ0) is 15.0. The van der Waals surface area contributed by atoms with Crippen LogP contribution in [-0.4, -0.2) is 46.7 Å². The van der Waals surface area contributed by atoms with E-state index in [0.717, 1.165) is 12.8 Å². The highest BCUT2D eigenvalue weighted by Gasteiger charge is 2.52. The third kappa shape index (κ3) is 2.39. The monoisotopic (exact) mass is 290 g/mol. The molecular weight excluding hydrogens is 268 g/mol. The number of rotatable bonds is 4. The molecule has 0 aromatic rings. The van der Waals surface area contributed by atoms with Gasteiger partial charge in [0.25, 0.3) is 0 Å². The zero-order valence-corrected chi connectivity index (χ0v) is 12.5. The van der Waals surface area contributed by atoms with E-state index in [4.69, 9.17) is 0 Å². The number of hydrogen-bond donors (Lipinski definition) is 0. The molecule has 0 N–H and O–H groups in total. The van der Waals surface area contributed by atoms with E-state index in [0.29, 0.717) is 32.4 Å². The van der Waals surface area contributed by atoms with Crippen LogP contribution in [0.4, 0.5) is 0 Å². The summed E-state index contributed by atoms with van der Waals surface area (Å²) in [4.78, 5) is 39.9. The molecule has 5 nitrogen and oxygen atoms in total. The fourth-order valence-corrected chi connectivity index (χ4v) is 3.49. The van der Waals surface area contributed by atoms with Gasteiger partial charge in [-0.1, -0.05) is 25.5 Å². The number of nitrogens with zero attached hydrogens (tertiary/aromatic N) is 2. The van der Waals surface area contributed by atoms with Crippen molar-refractivity contribution in [2.75, 3.05) is 13.1 Å². The normalized spacial score (nSPS) is 28.8. The number of amides is 3. The van der Waals surface area contributed by atoms with Gasteiger partial charge in [0.2, 0.25) is 17.7 Å². The van der Waals surface area contributed by atoms with Crippen LogP contribution in [0.5, 0.6) is 0 Å². The Hall–Kier alpha value is -1.65. The fourth-order valence-electron chi connectivity index (χ4n) is 3.49. The van der Waals surface area contributed by atoms with E-state index >= 15 is 0 Å². The Labute approximate surface area is 125 Å². The minimum atomic E-state index is -0.160. The molecular formula is C16H22N2O3. The minimum Gasteiger partial charge on any atom is -0.338 e. The molecule has 3 aliphatic rings. The average Bonchev–Trinajstić information content (AvgIpc) is 2.69. The van der Waals surface area contributed by atoms with Crippen molar-refractivity contribution < 1.29 is 14.4 Å². The Balaban J connectivity index is 1.59. The Morgan fingerprint density at radius 3 is 2.24 bits per heavy atom. The third-order valence-electron chi connectivity index (χ3n) is 4.87. The van der Waals surface area contributed by atoms with Crippen molar-refractivity contribution in [2.45, 2.75) is 45.1 Å². The van der Waals surface area contributed by atoms with Crippen LogP contribution in [0.15, 0.2) is 12.2 Å². The number of unbranched alkanes of at least 4 members (excludes halogenated alkanes) is 1. The third-order valence-corrected chi connectivity index (χ3v) is 4.87. The van der Waals surface area contributed by atoms with E-state index in [9.17, 15) is 14.4 Å². The second kappa shape index (κ2) is 5.62. The van der Waals surface area contributed by atoms with Crippen LogP contribution in [0.3, 0.4) is 0 Å². The number of imide groups is 1. The Morgan fingerprint density at radius 2 is 1.71 bits per heavy atom. The summed E-state index contributed by atoms with van der Waals surface area (Å²) in [5.41, 5.74) is 0. The summed E-state index contributed by atoms with van der Waals surface area (Å²) in [7, 11) is 0. The maximum atomic E-state index is 12.4. The minimum absolute atomic E-state index is 0.0278. The second-order valence-corrected chi connectivity index (χ2v) is 6.26. The number of hydrogen-bond acceptors (Lipinski definition) is 3. The van der Waals surface area contributed by atoms with Crippen LogP contribution in [-0.2, 0) is 14.4 Å². The van der Waals surface area contributed by atoms with E-state index in [2.05, 4.69) is 6.92 Å². The highest BCUT2D eigenvalue weighted by atomic mass is 16.2. The van der Waals surface area contributed by atoms with Crippen molar-refractivity contribution >= 4 is 17.7 Å². The fraction of sp³-hybridized carbons (Fsp3) is 0.688. The summed E-state index contributed by atoms with van der Waals surface area (Å²) >= 11 is 0. The topological polar surface area (TPSA) is 57.7 Å². The number of allylic oxidation sites excluding steroid dienone is 2. The quantitative estimate of drug-likeness (QED) is 0.580. The lowest BCUT2D eigenvalue weighted by Crippen LogP contribution is -2.62. The molecule has 0 aromatic heterocycles. The number of fused-ring (bicyclic) bond motifs is 1. The summed E-state index contributed by atoms with van der Waals surface area (Å²) < 4.78 is 0. The van der Waals surface area contributed by atoms with Crippen LogP contribution in [0.1, 0.15) is 39.0 Å². The molecule has 2 saturated heterocycles. The van der Waals surface area contributed by atoms with Gasteiger partial charge >= 0.3 is 0 Å². The van der Waals surface area contributed by atoms with Gasteiger partial charge in [-0.15, -0.1) is 0 Å². The first-order chi connectivity index (χ1) is 10.1. The van der Waals surface area contributed by atoms with Gasteiger partial charge in [-0.05, 0) is 19.3 Å². The van der Waals surface area contributed by atoms with Crippen LogP contribution in [0.25, 0.3) is 0 Å². The van der Waals surface area contributed by atoms with E-state index in [1.54, 1.807) is 4.90 Å². The summed E-state index contributed by atoms with van der Waals surface area (Å²) in [5.74, 6) is -0.231. The van der Waals surface area contributed by atoms with Gasteiger partial charge in [0.1, 0.15) is 0 Å². The van der Waals surface area contributed by atoms with Gasteiger partial charge in [0.05, 0.1) is 17.9 Å². The summed E-state index contributed by atoms with van der Waals surface area (Å²) in [6.07, 6.45) is 7.82. The van der Waals surface area contributed by atoms with Gasteiger partial charge in [0.15, 0.2) is 0 Å². The Morgan fingerprint density at radius 1 is 1.14 bits per heavy atom. The molecule has 3 rings (SSSR count). The smallest absolute Gasteiger partial charge is 0.233 e. The second-order valence-electron chi connectivity index (χ2n) is 6.26.